The van der Waals surface area contributed by atoms with Crippen LogP contribution in [-0.4, -0.2) is 54.3 Å². The Balaban J connectivity index is 1.14. The van der Waals surface area contributed by atoms with Gasteiger partial charge in [-0.3, -0.25) is 9.69 Å². The van der Waals surface area contributed by atoms with E-state index in [0.29, 0.717) is 29.4 Å². The molecule has 0 atom stereocenters. The minimum atomic E-state index is 0.215. The molecule has 6 rings (SSSR count). The molecule has 1 aliphatic rings. The van der Waals surface area contributed by atoms with Crippen LogP contribution in [0, 0.1) is 11.3 Å². The molecule has 1 aliphatic heterocycles. The summed E-state index contributed by atoms with van der Waals surface area (Å²) in [5, 5.41) is 15.2. The molecule has 0 bridgehead atoms. The first kappa shape index (κ1) is 27.0. The first-order valence-corrected chi connectivity index (χ1v) is 13.9. The third-order valence-electron chi connectivity index (χ3n) is 7.34. The fraction of sp³-hybridized carbons (Fsp3) is 0.226. The molecule has 210 valence electrons. The van der Waals surface area contributed by atoms with Crippen LogP contribution in [-0.2, 0) is 13.1 Å². The number of hydrazine groups is 1. The highest BCUT2D eigenvalue weighted by Crippen LogP contribution is 2.26. The Morgan fingerprint density at radius 1 is 0.857 bits per heavy atom. The molecule has 42 heavy (non-hydrogen) atoms. The zero-order valence-corrected chi connectivity index (χ0v) is 23.1. The smallest absolute Gasteiger partial charge is 0.186 e. The Kier molecular flexibility index (Phi) is 7.81. The summed E-state index contributed by atoms with van der Waals surface area (Å²) in [4.78, 5) is 20.7. The third kappa shape index (κ3) is 6.10. The highest BCUT2D eigenvalue weighted by molar-refractivity contribution is 5.67. The Morgan fingerprint density at radius 3 is 2.45 bits per heavy atom. The summed E-state index contributed by atoms with van der Waals surface area (Å²) in [6.07, 6.45) is 11.7. The summed E-state index contributed by atoms with van der Waals surface area (Å²) < 4.78 is 1.99. The number of benzene rings is 2. The van der Waals surface area contributed by atoms with E-state index in [1.807, 2.05) is 53.6 Å². The molecular formula is C31H31N11. The van der Waals surface area contributed by atoms with Crippen LogP contribution < -0.4 is 16.6 Å². The molecule has 2 aromatic carbocycles. The van der Waals surface area contributed by atoms with Gasteiger partial charge in [0.1, 0.15) is 0 Å². The second-order valence-corrected chi connectivity index (χ2v) is 10.3. The number of likely N-dealkylation sites (tertiary alicyclic amines) is 1. The van der Waals surface area contributed by atoms with E-state index < -0.39 is 0 Å². The first-order valence-electron chi connectivity index (χ1n) is 13.9. The van der Waals surface area contributed by atoms with Crippen LogP contribution in [0.5, 0.6) is 0 Å². The Labute approximate surface area is 244 Å². The second-order valence-electron chi connectivity index (χ2n) is 10.3. The van der Waals surface area contributed by atoms with Crippen molar-refractivity contribution in [2.75, 3.05) is 30.4 Å². The molecule has 0 radical (unpaired) electrons. The van der Waals surface area contributed by atoms with Crippen molar-refractivity contribution in [2.24, 2.45) is 5.84 Å². The van der Waals surface area contributed by atoms with Crippen LogP contribution in [0.1, 0.15) is 24.0 Å². The van der Waals surface area contributed by atoms with E-state index in [9.17, 15) is 5.26 Å². The fourth-order valence-electron chi connectivity index (χ4n) is 5.08. The number of hydrogen-bond donors (Lipinski definition) is 2. The molecule has 0 aliphatic carbocycles. The van der Waals surface area contributed by atoms with Gasteiger partial charge in [0.25, 0.3) is 0 Å². The van der Waals surface area contributed by atoms with Crippen LogP contribution in [0.4, 0.5) is 11.6 Å². The van der Waals surface area contributed by atoms with Crippen molar-refractivity contribution in [3.05, 3.63) is 90.6 Å². The average molecular weight is 558 g/mol. The van der Waals surface area contributed by atoms with Gasteiger partial charge < -0.3 is 10.6 Å². The molecule has 11 heteroatoms. The van der Waals surface area contributed by atoms with Crippen molar-refractivity contribution >= 4 is 11.6 Å². The van der Waals surface area contributed by atoms with Gasteiger partial charge in [-0.05, 0) is 49.7 Å². The summed E-state index contributed by atoms with van der Waals surface area (Å²) >= 11 is 0. The lowest BCUT2D eigenvalue weighted by molar-refractivity contribution is 0.316. The molecule has 11 nitrogen and oxygen atoms in total. The van der Waals surface area contributed by atoms with Gasteiger partial charge in [0.05, 0.1) is 42.8 Å². The molecule has 4 heterocycles. The normalized spacial score (nSPS) is 13.2. The average Bonchev–Trinajstić information content (AvgIpc) is 3.73. The quantitative estimate of drug-likeness (QED) is 0.202. The number of rotatable bonds is 9. The Morgan fingerprint density at radius 2 is 1.64 bits per heavy atom. The zero-order valence-electron chi connectivity index (χ0n) is 23.1. The second kappa shape index (κ2) is 12.1. The SMILES string of the molecule is N#Cc1cccc(-c2cnc(N)c(N(N)Cc3cccc(-c4ncc(-c5cnn(CCN6CCCC6)c5)cn4)c3)n2)c1. The maximum atomic E-state index is 9.23. The van der Waals surface area contributed by atoms with Crippen LogP contribution in [0.2, 0.25) is 0 Å². The van der Waals surface area contributed by atoms with Crippen LogP contribution in [0.25, 0.3) is 33.8 Å². The molecule has 4 N–H and O–H groups in total. The highest BCUT2D eigenvalue weighted by atomic mass is 15.4. The number of aromatic nitrogens is 6. The number of nitrogens with zero attached hydrogens (tertiary/aromatic N) is 9. The monoisotopic (exact) mass is 557 g/mol. The van der Waals surface area contributed by atoms with Crippen LogP contribution >= 0.6 is 0 Å². The third-order valence-corrected chi connectivity index (χ3v) is 7.34. The molecule has 1 fully saturated rings. The van der Waals surface area contributed by atoms with Crippen molar-refractivity contribution in [3.63, 3.8) is 0 Å². The van der Waals surface area contributed by atoms with E-state index in [2.05, 4.69) is 42.2 Å². The summed E-state index contributed by atoms with van der Waals surface area (Å²) in [5.41, 5.74) is 11.7. The van der Waals surface area contributed by atoms with Gasteiger partial charge in [-0.25, -0.2) is 25.8 Å². The van der Waals surface area contributed by atoms with Gasteiger partial charge in [0, 0.05) is 47.4 Å². The lowest BCUT2D eigenvalue weighted by Crippen LogP contribution is -2.32. The van der Waals surface area contributed by atoms with Gasteiger partial charge in [-0.15, -0.1) is 0 Å². The predicted molar refractivity (Wildman–Crippen MR) is 161 cm³/mol. The van der Waals surface area contributed by atoms with Crippen molar-refractivity contribution < 1.29 is 0 Å². The van der Waals surface area contributed by atoms with Crippen molar-refractivity contribution in [1.82, 2.24) is 34.6 Å². The van der Waals surface area contributed by atoms with E-state index >= 15 is 0 Å². The lowest BCUT2D eigenvalue weighted by atomic mass is 10.1. The molecule has 0 spiro atoms. The van der Waals surface area contributed by atoms with E-state index in [-0.39, 0.29) is 5.82 Å². The number of anilines is 2. The number of nitriles is 1. The fourth-order valence-corrected chi connectivity index (χ4v) is 5.08. The minimum Gasteiger partial charge on any atom is -0.381 e. The summed E-state index contributed by atoms with van der Waals surface area (Å²) in [6, 6.07) is 17.2. The van der Waals surface area contributed by atoms with Gasteiger partial charge >= 0.3 is 0 Å². The van der Waals surface area contributed by atoms with Crippen LogP contribution in [0.15, 0.2) is 79.5 Å². The molecular weight excluding hydrogens is 526 g/mol. The number of nitrogens with two attached hydrogens (primary N) is 2. The van der Waals surface area contributed by atoms with Gasteiger partial charge in [-0.2, -0.15) is 10.4 Å². The lowest BCUT2D eigenvalue weighted by Gasteiger charge is -2.20. The van der Waals surface area contributed by atoms with Gasteiger partial charge in [0.2, 0.25) is 0 Å². The van der Waals surface area contributed by atoms with Crippen molar-refractivity contribution in [2.45, 2.75) is 25.9 Å². The summed E-state index contributed by atoms with van der Waals surface area (Å²) in [5.74, 6) is 7.60. The molecule has 3 aromatic heterocycles. The zero-order chi connectivity index (χ0) is 28.9. The largest absolute Gasteiger partial charge is 0.381 e. The topological polar surface area (TPSA) is 152 Å². The number of nitrogen functional groups attached to an aromatic ring is 1. The van der Waals surface area contributed by atoms with E-state index in [1.54, 1.807) is 24.4 Å². The summed E-state index contributed by atoms with van der Waals surface area (Å²) in [6.45, 7) is 4.60. The van der Waals surface area contributed by atoms with Gasteiger partial charge in [-0.1, -0.05) is 30.3 Å². The minimum absolute atomic E-state index is 0.215. The molecule has 5 aromatic rings. The van der Waals surface area contributed by atoms with Gasteiger partial charge in [0.15, 0.2) is 17.5 Å². The highest BCUT2D eigenvalue weighted by Gasteiger charge is 2.14. The predicted octanol–water partition coefficient (Wildman–Crippen LogP) is 3.89. The van der Waals surface area contributed by atoms with E-state index in [1.165, 1.54) is 30.9 Å². The molecule has 0 amide bonds. The summed E-state index contributed by atoms with van der Waals surface area (Å²) in [7, 11) is 0. The number of hydrogen-bond acceptors (Lipinski definition) is 10. The standard InChI is InChI=1S/C31H31N11/c32-15-22-5-3-7-24(13-22)28-19-35-29(33)31(39-28)42(34)20-23-6-4-8-25(14-23)30-36-16-26(17-37-30)27-18-38-41(21-27)12-11-40-9-1-2-10-40/h3-8,13-14,16-19,21H,1-2,9-12,20,34H2,(H2,33,35). The van der Waals surface area contributed by atoms with E-state index in [4.69, 9.17) is 11.6 Å². The van der Waals surface area contributed by atoms with Crippen LogP contribution in [0.3, 0.4) is 0 Å². The Bertz CT molecular complexity index is 1720. The maximum Gasteiger partial charge on any atom is 0.186 e. The Hall–Kier alpha value is -5.18. The van der Waals surface area contributed by atoms with Crippen molar-refractivity contribution in [3.8, 4) is 39.8 Å². The molecule has 1 saturated heterocycles. The maximum absolute atomic E-state index is 9.23. The van der Waals surface area contributed by atoms with Crippen molar-refractivity contribution in [1.29, 1.82) is 5.26 Å². The molecule has 0 saturated carbocycles. The first-order chi connectivity index (χ1) is 20.6. The van der Waals surface area contributed by atoms with E-state index in [0.717, 1.165) is 40.9 Å². The molecule has 0 unspecified atom stereocenters.